The molecule has 0 unspecified atom stereocenters. The number of aliphatic hydroxyl groups excluding tert-OH is 1. The second kappa shape index (κ2) is 7.17. The van der Waals surface area contributed by atoms with Gasteiger partial charge in [-0.2, -0.15) is 4.39 Å². The molecule has 0 spiro atoms. The predicted octanol–water partition coefficient (Wildman–Crippen LogP) is 4.35. The standard InChI is InChI=1S/C23H19FN2O/c24-22-21(16-27)25-17-26(22)23(18-10-4-1-5-11-18,19-12-6-2-7-13-19)20-14-8-3-9-15-20/h1-15,17,27H,16H2. The molecule has 1 heterocycles. The van der Waals surface area contributed by atoms with Gasteiger partial charge in [-0.1, -0.05) is 91.0 Å². The van der Waals surface area contributed by atoms with E-state index in [0.29, 0.717) is 0 Å². The molecule has 1 aromatic heterocycles. The first kappa shape index (κ1) is 17.2. The summed E-state index contributed by atoms with van der Waals surface area (Å²) in [5, 5.41) is 9.49. The quantitative estimate of drug-likeness (QED) is 0.539. The van der Waals surface area contributed by atoms with E-state index in [4.69, 9.17) is 0 Å². The van der Waals surface area contributed by atoms with Crippen molar-refractivity contribution in [3.8, 4) is 0 Å². The first-order chi connectivity index (χ1) is 13.3. The average molecular weight is 358 g/mol. The zero-order valence-electron chi connectivity index (χ0n) is 14.7. The van der Waals surface area contributed by atoms with Gasteiger partial charge in [-0.3, -0.25) is 4.57 Å². The van der Waals surface area contributed by atoms with Crippen molar-refractivity contribution in [3.05, 3.63) is 126 Å². The van der Waals surface area contributed by atoms with Gasteiger partial charge < -0.3 is 5.11 Å². The van der Waals surface area contributed by atoms with Crippen LogP contribution in [-0.2, 0) is 12.1 Å². The van der Waals surface area contributed by atoms with Crippen molar-refractivity contribution in [2.45, 2.75) is 12.1 Å². The van der Waals surface area contributed by atoms with E-state index in [1.165, 1.54) is 10.9 Å². The summed E-state index contributed by atoms with van der Waals surface area (Å²) in [5.41, 5.74) is 1.80. The zero-order chi connectivity index (χ0) is 18.7. The van der Waals surface area contributed by atoms with Crippen LogP contribution in [0.2, 0.25) is 0 Å². The molecular weight excluding hydrogens is 339 g/mol. The monoisotopic (exact) mass is 358 g/mol. The lowest BCUT2D eigenvalue weighted by molar-refractivity contribution is 0.267. The van der Waals surface area contributed by atoms with Crippen molar-refractivity contribution in [2.24, 2.45) is 0 Å². The van der Waals surface area contributed by atoms with Gasteiger partial charge in [0.05, 0.1) is 12.9 Å². The smallest absolute Gasteiger partial charge is 0.220 e. The summed E-state index contributed by atoms with van der Waals surface area (Å²) < 4.78 is 16.8. The van der Waals surface area contributed by atoms with Gasteiger partial charge >= 0.3 is 0 Å². The summed E-state index contributed by atoms with van der Waals surface area (Å²) in [7, 11) is 0. The molecule has 1 N–H and O–H groups in total. The van der Waals surface area contributed by atoms with Gasteiger partial charge in [0.25, 0.3) is 0 Å². The molecule has 0 bridgehead atoms. The van der Waals surface area contributed by atoms with E-state index < -0.39 is 18.1 Å². The molecule has 0 aliphatic carbocycles. The van der Waals surface area contributed by atoms with Gasteiger partial charge in [-0.05, 0) is 16.7 Å². The Morgan fingerprint density at radius 2 is 1.15 bits per heavy atom. The first-order valence-corrected chi connectivity index (χ1v) is 8.78. The molecule has 0 saturated heterocycles. The maximum Gasteiger partial charge on any atom is 0.220 e. The number of nitrogens with zero attached hydrogens (tertiary/aromatic N) is 2. The summed E-state index contributed by atoms with van der Waals surface area (Å²) >= 11 is 0. The molecular formula is C23H19FN2O. The van der Waals surface area contributed by atoms with Crippen LogP contribution in [0.3, 0.4) is 0 Å². The number of hydrogen-bond donors (Lipinski definition) is 1. The van der Waals surface area contributed by atoms with Crippen molar-refractivity contribution < 1.29 is 9.50 Å². The maximum atomic E-state index is 15.3. The molecule has 134 valence electrons. The Kier molecular flexibility index (Phi) is 4.57. The third-order valence-corrected chi connectivity index (χ3v) is 4.86. The summed E-state index contributed by atoms with van der Waals surface area (Å²) in [6.45, 7) is -0.451. The van der Waals surface area contributed by atoms with Gasteiger partial charge in [0.2, 0.25) is 5.95 Å². The predicted molar refractivity (Wildman–Crippen MR) is 103 cm³/mol. The third-order valence-electron chi connectivity index (χ3n) is 4.86. The number of aromatic nitrogens is 2. The van der Waals surface area contributed by atoms with Crippen molar-refractivity contribution >= 4 is 0 Å². The SMILES string of the molecule is OCc1ncn(C(c2ccccc2)(c2ccccc2)c2ccccc2)c1F. The molecule has 4 heteroatoms. The van der Waals surface area contributed by atoms with Crippen molar-refractivity contribution in [2.75, 3.05) is 0 Å². The van der Waals surface area contributed by atoms with Crippen LogP contribution in [0.4, 0.5) is 4.39 Å². The van der Waals surface area contributed by atoms with Crippen LogP contribution in [0.15, 0.2) is 97.3 Å². The summed E-state index contributed by atoms with van der Waals surface area (Å²) in [6.07, 6.45) is 1.47. The fraction of sp³-hybridized carbons (Fsp3) is 0.0870. The number of hydrogen-bond acceptors (Lipinski definition) is 2. The Bertz CT molecular complexity index is 918. The number of halogens is 1. The number of aliphatic hydroxyl groups is 1. The van der Waals surface area contributed by atoms with Crippen LogP contribution in [0.1, 0.15) is 22.4 Å². The molecule has 0 aliphatic heterocycles. The molecule has 3 nitrogen and oxygen atoms in total. The van der Waals surface area contributed by atoms with E-state index in [9.17, 15) is 5.11 Å². The van der Waals surface area contributed by atoms with Crippen LogP contribution in [-0.4, -0.2) is 14.7 Å². The number of benzene rings is 3. The fourth-order valence-electron chi connectivity index (χ4n) is 3.67. The van der Waals surface area contributed by atoms with Crippen LogP contribution in [0, 0.1) is 5.95 Å². The minimum absolute atomic E-state index is 0.0298. The zero-order valence-corrected chi connectivity index (χ0v) is 14.7. The minimum Gasteiger partial charge on any atom is -0.390 e. The van der Waals surface area contributed by atoms with Crippen molar-refractivity contribution in [3.63, 3.8) is 0 Å². The molecule has 0 fully saturated rings. The second-order valence-corrected chi connectivity index (χ2v) is 6.32. The van der Waals surface area contributed by atoms with E-state index in [2.05, 4.69) is 4.98 Å². The summed E-state index contributed by atoms with van der Waals surface area (Å²) in [5.74, 6) is -0.547. The van der Waals surface area contributed by atoms with Gasteiger partial charge in [-0.25, -0.2) is 4.98 Å². The summed E-state index contributed by atoms with van der Waals surface area (Å²) in [4.78, 5) is 4.11. The minimum atomic E-state index is -0.950. The Morgan fingerprint density at radius 3 is 1.48 bits per heavy atom. The van der Waals surface area contributed by atoms with Crippen molar-refractivity contribution in [1.29, 1.82) is 0 Å². The lowest BCUT2D eigenvalue weighted by atomic mass is 9.76. The number of rotatable bonds is 5. The van der Waals surface area contributed by atoms with E-state index in [0.717, 1.165) is 16.7 Å². The van der Waals surface area contributed by atoms with E-state index in [1.54, 1.807) is 0 Å². The first-order valence-electron chi connectivity index (χ1n) is 8.78. The van der Waals surface area contributed by atoms with Crippen LogP contribution in [0.5, 0.6) is 0 Å². The molecule has 0 aliphatic rings. The highest BCUT2D eigenvalue weighted by Crippen LogP contribution is 2.41. The highest BCUT2D eigenvalue weighted by atomic mass is 19.1. The molecule has 0 atom stereocenters. The van der Waals surface area contributed by atoms with Crippen molar-refractivity contribution in [1.82, 2.24) is 9.55 Å². The van der Waals surface area contributed by atoms with Gasteiger partial charge in [0.15, 0.2) is 0 Å². The maximum absolute atomic E-state index is 15.3. The van der Waals surface area contributed by atoms with Crippen LogP contribution >= 0.6 is 0 Å². The molecule has 0 radical (unpaired) electrons. The van der Waals surface area contributed by atoms with Crippen LogP contribution < -0.4 is 0 Å². The van der Waals surface area contributed by atoms with Gasteiger partial charge in [-0.15, -0.1) is 0 Å². The van der Waals surface area contributed by atoms with Gasteiger partial charge in [0.1, 0.15) is 11.2 Å². The molecule has 4 rings (SSSR count). The molecule has 0 saturated carbocycles. The lowest BCUT2D eigenvalue weighted by Crippen LogP contribution is -2.38. The third kappa shape index (κ3) is 2.75. The van der Waals surface area contributed by atoms with Crippen LogP contribution in [0.25, 0.3) is 0 Å². The highest BCUT2D eigenvalue weighted by Gasteiger charge is 2.40. The normalized spacial score (nSPS) is 11.5. The summed E-state index contributed by atoms with van der Waals surface area (Å²) in [6, 6.07) is 29.4. The average Bonchev–Trinajstić information content (AvgIpc) is 3.12. The Morgan fingerprint density at radius 1 is 0.741 bits per heavy atom. The second-order valence-electron chi connectivity index (χ2n) is 6.32. The Balaban J connectivity index is 2.15. The van der Waals surface area contributed by atoms with E-state index in [-0.39, 0.29) is 5.69 Å². The largest absolute Gasteiger partial charge is 0.390 e. The Labute approximate surface area is 157 Å². The van der Waals surface area contributed by atoms with E-state index >= 15 is 4.39 Å². The highest BCUT2D eigenvalue weighted by molar-refractivity contribution is 5.50. The molecule has 27 heavy (non-hydrogen) atoms. The number of imidazole rings is 1. The fourth-order valence-corrected chi connectivity index (χ4v) is 3.67. The van der Waals surface area contributed by atoms with E-state index in [1.807, 2.05) is 91.0 Å². The topological polar surface area (TPSA) is 38.1 Å². The lowest BCUT2D eigenvalue weighted by Gasteiger charge is -2.37. The van der Waals surface area contributed by atoms with Gasteiger partial charge in [0, 0.05) is 0 Å². The molecule has 4 aromatic rings. The Hall–Kier alpha value is -3.24. The molecule has 0 amide bonds. The molecule has 3 aromatic carbocycles.